The molecule has 1 N–H and O–H groups in total. The first-order valence-electron chi connectivity index (χ1n) is 3.49. The number of carbonyl (C=O) groups is 1. The van der Waals surface area contributed by atoms with Gasteiger partial charge in [0.25, 0.3) is 0 Å². The molecule has 0 aliphatic carbocycles. The highest BCUT2D eigenvalue weighted by molar-refractivity contribution is 5.67. The summed E-state index contributed by atoms with van der Waals surface area (Å²) in [6, 6.07) is 0. The molecule has 1 atom stereocenters. The highest BCUT2D eigenvalue weighted by Crippen LogP contribution is 1.96. The van der Waals surface area contributed by atoms with Crippen LogP contribution in [0.25, 0.3) is 0 Å². The molecule has 0 aromatic heterocycles. The predicted octanol–water partition coefficient (Wildman–Crippen LogP) is 0.513. The van der Waals surface area contributed by atoms with Crippen LogP contribution in [0.1, 0.15) is 13.3 Å². The lowest BCUT2D eigenvalue weighted by Gasteiger charge is -2.09. The van der Waals surface area contributed by atoms with Crippen molar-refractivity contribution in [3.63, 3.8) is 0 Å². The molecule has 0 saturated heterocycles. The lowest BCUT2D eigenvalue weighted by atomic mass is 10.3. The molecule has 0 bridgehead atoms. The average Bonchev–Trinajstić information content (AvgIpc) is 1.86. The van der Waals surface area contributed by atoms with Crippen LogP contribution in [0.3, 0.4) is 0 Å². The first-order chi connectivity index (χ1) is 5.16. The fourth-order valence-corrected chi connectivity index (χ4v) is 0.637. The molecule has 0 fully saturated rings. The van der Waals surface area contributed by atoms with Gasteiger partial charge in [0.15, 0.2) is 0 Å². The highest BCUT2D eigenvalue weighted by Gasteiger charge is 2.06. The number of aliphatic carboxylic acids is 1. The first kappa shape index (κ1) is 10.4. The number of carboxylic acids is 1. The van der Waals surface area contributed by atoms with E-state index in [1.165, 1.54) is 0 Å². The van der Waals surface area contributed by atoms with Gasteiger partial charge in [0, 0.05) is 7.11 Å². The van der Waals surface area contributed by atoms with Crippen molar-refractivity contribution in [3.05, 3.63) is 0 Å². The average molecular weight is 162 g/mol. The predicted molar refractivity (Wildman–Crippen MR) is 39.5 cm³/mol. The zero-order chi connectivity index (χ0) is 8.69. The quantitative estimate of drug-likeness (QED) is 0.578. The normalized spacial score (nSPS) is 12.9. The summed E-state index contributed by atoms with van der Waals surface area (Å²) in [5, 5.41) is 8.33. The van der Waals surface area contributed by atoms with Crippen molar-refractivity contribution in [1.29, 1.82) is 0 Å². The molecule has 0 saturated carbocycles. The highest BCUT2D eigenvalue weighted by atomic mass is 16.5. The SMILES string of the molecule is COCCO[C@@H](C)CC(=O)O. The standard InChI is InChI=1S/C7H14O4/c1-6(5-7(8)9)11-4-3-10-2/h6H,3-5H2,1-2H3,(H,8,9)/t6-/m0/s1. The number of ether oxygens (including phenoxy) is 2. The van der Waals surface area contributed by atoms with Gasteiger partial charge in [-0.25, -0.2) is 0 Å². The summed E-state index contributed by atoms with van der Waals surface area (Å²) in [6.45, 7) is 2.68. The van der Waals surface area contributed by atoms with E-state index in [9.17, 15) is 4.79 Å². The molecule has 0 amide bonds. The largest absolute Gasteiger partial charge is 0.481 e. The molecule has 0 aromatic carbocycles. The summed E-state index contributed by atoms with van der Waals surface area (Å²) >= 11 is 0. The van der Waals surface area contributed by atoms with Crippen LogP contribution in [0.2, 0.25) is 0 Å². The summed E-state index contributed by atoms with van der Waals surface area (Å²) < 4.78 is 9.81. The van der Waals surface area contributed by atoms with Gasteiger partial charge in [-0.2, -0.15) is 0 Å². The minimum Gasteiger partial charge on any atom is -0.481 e. The summed E-state index contributed by atoms with van der Waals surface area (Å²) in [6.07, 6.45) is -0.188. The molecule has 4 nitrogen and oxygen atoms in total. The van der Waals surface area contributed by atoms with Crippen molar-refractivity contribution in [2.24, 2.45) is 0 Å². The van der Waals surface area contributed by atoms with Gasteiger partial charge in [-0.15, -0.1) is 0 Å². The molecule has 0 spiro atoms. The summed E-state index contributed by atoms with van der Waals surface area (Å²) in [7, 11) is 1.57. The Labute approximate surface area is 66.1 Å². The van der Waals surface area contributed by atoms with Crippen LogP contribution in [-0.2, 0) is 14.3 Å². The molecule has 66 valence electrons. The second kappa shape index (κ2) is 6.12. The van der Waals surface area contributed by atoms with Crippen LogP contribution in [0.15, 0.2) is 0 Å². The lowest BCUT2D eigenvalue weighted by molar-refractivity contribution is -0.140. The Balaban J connectivity index is 3.22. The second-order valence-corrected chi connectivity index (χ2v) is 2.27. The van der Waals surface area contributed by atoms with Crippen molar-refractivity contribution in [2.75, 3.05) is 20.3 Å². The Hall–Kier alpha value is -0.610. The van der Waals surface area contributed by atoms with Gasteiger partial charge in [0.2, 0.25) is 0 Å². The smallest absolute Gasteiger partial charge is 0.305 e. The molecule has 0 radical (unpaired) electrons. The number of hydrogen-bond donors (Lipinski definition) is 1. The van der Waals surface area contributed by atoms with Gasteiger partial charge >= 0.3 is 5.97 Å². The summed E-state index contributed by atoms with van der Waals surface area (Å²) in [4.78, 5) is 10.1. The molecule has 11 heavy (non-hydrogen) atoms. The Morgan fingerprint density at radius 1 is 1.55 bits per heavy atom. The van der Waals surface area contributed by atoms with E-state index >= 15 is 0 Å². The molecule has 0 aliphatic heterocycles. The van der Waals surface area contributed by atoms with E-state index in [-0.39, 0.29) is 12.5 Å². The Morgan fingerprint density at radius 2 is 2.18 bits per heavy atom. The van der Waals surface area contributed by atoms with Crippen LogP contribution >= 0.6 is 0 Å². The summed E-state index contributed by atoms with van der Waals surface area (Å²) in [5.41, 5.74) is 0. The van der Waals surface area contributed by atoms with Crippen LogP contribution < -0.4 is 0 Å². The molecule has 0 aromatic rings. The van der Waals surface area contributed by atoms with Crippen LogP contribution in [0.5, 0.6) is 0 Å². The van der Waals surface area contributed by atoms with Crippen molar-refractivity contribution in [1.82, 2.24) is 0 Å². The maximum Gasteiger partial charge on any atom is 0.305 e. The minimum absolute atomic E-state index is 0.0454. The first-order valence-corrected chi connectivity index (χ1v) is 3.49. The van der Waals surface area contributed by atoms with Gasteiger partial charge < -0.3 is 14.6 Å². The van der Waals surface area contributed by atoms with E-state index in [1.807, 2.05) is 0 Å². The minimum atomic E-state index is -0.838. The van der Waals surface area contributed by atoms with E-state index < -0.39 is 5.97 Å². The number of rotatable bonds is 6. The molecule has 0 aliphatic rings. The Bertz CT molecular complexity index is 113. The topological polar surface area (TPSA) is 55.8 Å². The van der Waals surface area contributed by atoms with Gasteiger partial charge in [0.05, 0.1) is 25.7 Å². The molecular weight excluding hydrogens is 148 g/mol. The fourth-order valence-electron chi connectivity index (χ4n) is 0.637. The van der Waals surface area contributed by atoms with E-state index in [1.54, 1.807) is 14.0 Å². The fraction of sp³-hybridized carbons (Fsp3) is 0.857. The second-order valence-electron chi connectivity index (χ2n) is 2.27. The van der Waals surface area contributed by atoms with Gasteiger partial charge in [-0.05, 0) is 6.92 Å². The van der Waals surface area contributed by atoms with Crippen molar-refractivity contribution in [3.8, 4) is 0 Å². The number of methoxy groups -OCH3 is 1. The van der Waals surface area contributed by atoms with E-state index in [0.29, 0.717) is 13.2 Å². The van der Waals surface area contributed by atoms with E-state index in [0.717, 1.165) is 0 Å². The van der Waals surface area contributed by atoms with E-state index in [4.69, 9.17) is 14.6 Å². The monoisotopic (exact) mass is 162 g/mol. The molecule has 4 heteroatoms. The zero-order valence-corrected chi connectivity index (χ0v) is 6.87. The maximum absolute atomic E-state index is 10.1. The third-order valence-electron chi connectivity index (χ3n) is 1.15. The number of hydrogen-bond acceptors (Lipinski definition) is 3. The maximum atomic E-state index is 10.1. The number of carboxylic acid groups (broad SMARTS) is 1. The van der Waals surface area contributed by atoms with Gasteiger partial charge in [-0.1, -0.05) is 0 Å². The molecule has 0 rings (SSSR count). The zero-order valence-electron chi connectivity index (χ0n) is 6.87. The molecule has 0 heterocycles. The van der Waals surface area contributed by atoms with Crippen LogP contribution in [0.4, 0.5) is 0 Å². The Morgan fingerprint density at radius 3 is 2.64 bits per heavy atom. The van der Waals surface area contributed by atoms with Gasteiger partial charge in [-0.3, -0.25) is 4.79 Å². The molecule has 0 unspecified atom stereocenters. The van der Waals surface area contributed by atoms with Crippen molar-refractivity contribution >= 4 is 5.97 Å². The van der Waals surface area contributed by atoms with Crippen molar-refractivity contribution in [2.45, 2.75) is 19.4 Å². The van der Waals surface area contributed by atoms with E-state index in [2.05, 4.69) is 0 Å². The van der Waals surface area contributed by atoms with Crippen molar-refractivity contribution < 1.29 is 19.4 Å². The third kappa shape index (κ3) is 7.29. The van der Waals surface area contributed by atoms with Crippen LogP contribution in [-0.4, -0.2) is 37.5 Å². The van der Waals surface area contributed by atoms with Gasteiger partial charge in [0.1, 0.15) is 0 Å². The summed E-state index contributed by atoms with van der Waals surface area (Å²) in [5.74, 6) is -0.838. The lowest BCUT2D eigenvalue weighted by Crippen LogP contribution is -2.16. The van der Waals surface area contributed by atoms with Crippen LogP contribution in [0, 0.1) is 0 Å². The third-order valence-corrected chi connectivity index (χ3v) is 1.15. The Kier molecular flexibility index (Phi) is 5.78. The molecular formula is C7H14O4.